The molecule has 1 heterocycles. The number of aliphatic hydroxyl groups excluding tert-OH is 1. The molecule has 0 aliphatic carbocycles. The molecule has 0 radical (unpaired) electrons. The van der Waals surface area contributed by atoms with Gasteiger partial charge in [-0.2, -0.15) is 0 Å². The fraction of sp³-hybridized carbons (Fsp3) is 0.786. The lowest BCUT2D eigenvalue weighted by Crippen LogP contribution is -2.46. The first-order valence-electron chi connectivity index (χ1n) is 6.28. The molecule has 3 heteroatoms. The van der Waals surface area contributed by atoms with Crippen molar-refractivity contribution in [1.29, 1.82) is 0 Å². The highest BCUT2D eigenvalue weighted by Gasteiger charge is 2.39. The molecule has 1 saturated heterocycles. The molecule has 0 aromatic rings. The van der Waals surface area contributed by atoms with Gasteiger partial charge in [0.25, 0.3) is 0 Å². The SMILES string of the molecule is CC#C[C@@H](C)CC[C@H]1OC(=O)[C@H](C)[C@@H](O)[C@H]1C. The van der Waals surface area contributed by atoms with Crippen LogP contribution in [0, 0.1) is 29.6 Å². The molecule has 0 bridgehead atoms. The van der Waals surface area contributed by atoms with Crippen LogP contribution in [0.3, 0.4) is 0 Å². The van der Waals surface area contributed by atoms with Gasteiger partial charge in [-0.15, -0.1) is 11.8 Å². The van der Waals surface area contributed by atoms with E-state index in [1.54, 1.807) is 6.92 Å². The molecule has 0 amide bonds. The van der Waals surface area contributed by atoms with Gasteiger partial charge in [-0.05, 0) is 26.7 Å². The lowest BCUT2D eigenvalue weighted by molar-refractivity contribution is -0.178. The van der Waals surface area contributed by atoms with E-state index in [1.165, 1.54) is 0 Å². The standard InChI is InChI=1S/C14H22O3/c1-5-6-9(2)7-8-12-10(3)13(15)11(4)14(16)17-12/h9-13,15H,7-8H2,1-4H3/t9-,10+,11-,12-,13+/m1/s1. The Hall–Kier alpha value is -1.01. The minimum atomic E-state index is -0.589. The number of esters is 1. The van der Waals surface area contributed by atoms with Gasteiger partial charge in [-0.1, -0.05) is 13.8 Å². The zero-order chi connectivity index (χ0) is 13.0. The molecule has 0 saturated carbocycles. The predicted molar refractivity (Wildman–Crippen MR) is 66.1 cm³/mol. The first kappa shape index (κ1) is 14.1. The van der Waals surface area contributed by atoms with E-state index in [1.807, 2.05) is 13.8 Å². The molecular formula is C14H22O3. The van der Waals surface area contributed by atoms with Crippen molar-refractivity contribution >= 4 is 5.97 Å². The highest BCUT2D eigenvalue weighted by Crippen LogP contribution is 2.29. The molecule has 1 N–H and O–H groups in total. The molecule has 17 heavy (non-hydrogen) atoms. The zero-order valence-electron chi connectivity index (χ0n) is 11.1. The molecule has 0 spiro atoms. The van der Waals surface area contributed by atoms with Crippen molar-refractivity contribution < 1.29 is 14.6 Å². The molecule has 1 fully saturated rings. The summed E-state index contributed by atoms with van der Waals surface area (Å²) in [7, 11) is 0. The van der Waals surface area contributed by atoms with Crippen LogP contribution in [0.1, 0.15) is 40.5 Å². The molecule has 1 aliphatic heterocycles. The second-order valence-corrected chi connectivity index (χ2v) is 4.99. The summed E-state index contributed by atoms with van der Waals surface area (Å²) in [5.74, 6) is 5.58. The first-order chi connectivity index (χ1) is 7.97. The van der Waals surface area contributed by atoms with Crippen molar-refractivity contribution in [2.45, 2.75) is 52.7 Å². The van der Waals surface area contributed by atoms with Crippen molar-refractivity contribution in [2.24, 2.45) is 17.8 Å². The number of rotatable bonds is 3. The van der Waals surface area contributed by atoms with Crippen LogP contribution in [0.25, 0.3) is 0 Å². The Morgan fingerprint density at radius 2 is 2.12 bits per heavy atom. The summed E-state index contributed by atoms with van der Waals surface area (Å²) in [5, 5.41) is 9.93. The van der Waals surface area contributed by atoms with Gasteiger partial charge in [-0.25, -0.2) is 0 Å². The Kier molecular flexibility index (Phi) is 5.02. The smallest absolute Gasteiger partial charge is 0.311 e. The third-order valence-corrected chi connectivity index (χ3v) is 3.55. The molecule has 0 aromatic heterocycles. The molecule has 1 aliphatic rings. The fourth-order valence-corrected chi connectivity index (χ4v) is 2.23. The molecule has 0 aromatic carbocycles. The van der Waals surface area contributed by atoms with Crippen LogP contribution in [-0.2, 0) is 9.53 Å². The van der Waals surface area contributed by atoms with E-state index in [4.69, 9.17) is 4.74 Å². The lowest BCUT2D eigenvalue weighted by Gasteiger charge is -2.36. The van der Waals surface area contributed by atoms with E-state index in [0.29, 0.717) is 5.92 Å². The Morgan fingerprint density at radius 3 is 2.71 bits per heavy atom. The summed E-state index contributed by atoms with van der Waals surface area (Å²) >= 11 is 0. The molecule has 5 atom stereocenters. The molecule has 96 valence electrons. The minimum Gasteiger partial charge on any atom is -0.462 e. The van der Waals surface area contributed by atoms with Gasteiger partial charge < -0.3 is 9.84 Å². The van der Waals surface area contributed by atoms with Crippen molar-refractivity contribution in [2.75, 3.05) is 0 Å². The molecule has 1 rings (SSSR count). The highest BCUT2D eigenvalue weighted by atomic mass is 16.5. The predicted octanol–water partition coefficient (Wildman–Crippen LogP) is 1.98. The average molecular weight is 238 g/mol. The van der Waals surface area contributed by atoms with Crippen LogP contribution >= 0.6 is 0 Å². The molecular weight excluding hydrogens is 216 g/mol. The van der Waals surface area contributed by atoms with Crippen molar-refractivity contribution in [3.05, 3.63) is 0 Å². The van der Waals surface area contributed by atoms with E-state index in [-0.39, 0.29) is 18.0 Å². The maximum atomic E-state index is 11.5. The van der Waals surface area contributed by atoms with E-state index in [2.05, 4.69) is 18.8 Å². The number of aliphatic hydroxyl groups is 1. The minimum absolute atomic E-state index is 0.00415. The Labute approximate surface area is 104 Å². The van der Waals surface area contributed by atoms with Crippen LogP contribution in [0.2, 0.25) is 0 Å². The Bertz CT molecular complexity index is 326. The van der Waals surface area contributed by atoms with E-state index < -0.39 is 12.0 Å². The largest absolute Gasteiger partial charge is 0.462 e. The first-order valence-corrected chi connectivity index (χ1v) is 6.28. The highest BCUT2D eigenvalue weighted by molar-refractivity contribution is 5.73. The molecule has 0 unspecified atom stereocenters. The van der Waals surface area contributed by atoms with Gasteiger partial charge >= 0.3 is 5.97 Å². The van der Waals surface area contributed by atoms with E-state index >= 15 is 0 Å². The maximum absolute atomic E-state index is 11.5. The fourth-order valence-electron chi connectivity index (χ4n) is 2.23. The van der Waals surface area contributed by atoms with Crippen LogP contribution in [-0.4, -0.2) is 23.3 Å². The van der Waals surface area contributed by atoms with E-state index in [9.17, 15) is 9.90 Å². The number of hydrogen-bond donors (Lipinski definition) is 1. The zero-order valence-corrected chi connectivity index (χ0v) is 11.1. The normalized spacial score (nSPS) is 34.5. The van der Waals surface area contributed by atoms with Gasteiger partial charge in [0.15, 0.2) is 0 Å². The van der Waals surface area contributed by atoms with Crippen molar-refractivity contribution in [1.82, 2.24) is 0 Å². The summed E-state index contributed by atoms with van der Waals surface area (Å²) in [6.45, 7) is 7.54. The van der Waals surface area contributed by atoms with E-state index in [0.717, 1.165) is 12.8 Å². The third kappa shape index (κ3) is 3.47. The summed E-state index contributed by atoms with van der Waals surface area (Å²) in [6.07, 6.45) is 0.903. The van der Waals surface area contributed by atoms with Crippen LogP contribution in [0.5, 0.6) is 0 Å². The van der Waals surface area contributed by atoms with Crippen LogP contribution in [0.15, 0.2) is 0 Å². The number of carbonyl (C=O) groups is 1. The van der Waals surface area contributed by atoms with Gasteiger partial charge in [0, 0.05) is 11.8 Å². The van der Waals surface area contributed by atoms with Crippen molar-refractivity contribution in [3.8, 4) is 11.8 Å². The van der Waals surface area contributed by atoms with Gasteiger partial charge in [0.05, 0.1) is 12.0 Å². The number of ether oxygens (including phenoxy) is 1. The monoisotopic (exact) mass is 238 g/mol. The molecule has 3 nitrogen and oxygen atoms in total. The summed E-state index contributed by atoms with van der Waals surface area (Å²) < 4.78 is 5.36. The van der Waals surface area contributed by atoms with Gasteiger partial charge in [0.2, 0.25) is 0 Å². The maximum Gasteiger partial charge on any atom is 0.311 e. The number of carbonyl (C=O) groups excluding carboxylic acids is 1. The lowest BCUT2D eigenvalue weighted by atomic mass is 9.84. The Balaban J connectivity index is 2.53. The van der Waals surface area contributed by atoms with Gasteiger partial charge in [-0.3, -0.25) is 4.79 Å². The summed E-state index contributed by atoms with van der Waals surface area (Å²) in [5.41, 5.74) is 0. The quantitative estimate of drug-likeness (QED) is 0.604. The second-order valence-electron chi connectivity index (χ2n) is 4.99. The summed E-state index contributed by atoms with van der Waals surface area (Å²) in [6, 6.07) is 0. The van der Waals surface area contributed by atoms with Crippen LogP contribution in [0.4, 0.5) is 0 Å². The number of cyclic esters (lactones) is 1. The van der Waals surface area contributed by atoms with Gasteiger partial charge in [0.1, 0.15) is 6.10 Å². The average Bonchev–Trinajstić information content (AvgIpc) is 2.30. The Morgan fingerprint density at radius 1 is 1.47 bits per heavy atom. The second kappa shape index (κ2) is 6.07. The topological polar surface area (TPSA) is 46.5 Å². The number of hydrogen-bond acceptors (Lipinski definition) is 3. The summed E-state index contributed by atoms with van der Waals surface area (Å²) in [4.78, 5) is 11.5. The van der Waals surface area contributed by atoms with Crippen molar-refractivity contribution in [3.63, 3.8) is 0 Å². The third-order valence-electron chi connectivity index (χ3n) is 3.55. The van der Waals surface area contributed by atoms with Crippen LogP contribution < -0.4 is 0 Å².